The average Bonchev–Trinajstić information content (AvgIpc) is 2.70. The minimum Gasteiger partial charge on any atom is -0.310 e. The van der Waals surface area contributed by atoms with E-state index in [1.54, 1.807) is 4.90 Å². The molecule has 1 saturated heterocycles. The molecule has 1 unspecified atom stereocenters. The van der Waals surface area contributed by atoms with Crippen molar-refractivity contribution in [3.05, 3.63) is 31.2 Å². The molecular formula is C11H10Br2N2O3S. The molecule has 0 spiro atoms. The topological polar surface area (TPSA) is 63.5 Å². The van der Waals surface area contributed by atoms with E-state index >= 15 is 0 Å². The van der Waals surface area contributed by atoms with Crippen LogP contribution >= 0.6 is 44.5 Å². The molecule has 1 amide bonds. The fourth-order valence-electron chi connectivity index (χ4n) is 2.04. The maximum absolute atomic E-state index is 12.0. The van der Waals surface area contributed by atoms with Crippen molar-refractivity contribution in [2.45, 2.75) is 6.42 Å². The smallest absolute Gasteiger partial charge is 0.271 e. The Bertz CT molecular complexity index is 530. The number of rotatable bonds is 3. The summed E-state index contributed by atoms with van der Waals surface area (Å²) in [6.07, 6.45) is 0.458. The summed E-state index contributed by atoms with van der Waals surface area (Å²) in [6, 6.07) is 2.81. The Morgan fingerprint density at radius 2 is 2.00 bits per heavy atom. The quantitative estimate of drug-likeness (QED) is 0.472. The first-order valence-electron chi connectivity index (χ1n) is 5.48. The third-order valence-electron chi connectivity index (χ3n) is 2.95. The number of carbonyl (C=O) groups excluding carboxylic acids is 1. The fraction of sp³-hybridized carbons (Fsp3) is 0.364. The van der Waals surface area contributed by atoms with Gasteiger partial charge in [-0.05, 0) is 43.5 Å². The Kier molecular flexibility index (Phi) is 4.52. The summed E-state index contributed by atoms with van der Waals surface area (Å²) >= 11 is 10.8. The molecule has 1 heterocycles. The number of thiol groups is 1. The molecular weight excluding hydrogens is 400 g/mol. The number of anilines is 1. The summed E-state index contributed by atoms with van der Waals surface area (Å²) in [5, 5.41) is 10.8. The molecule has 0 aliphatic carbocycles. The van der Waals surface area contributed by atoms with Crippen LogP contribution in [0.2, 0.25) is 0 Å². The molecule has 1 aliphatic rings. The first-order valence-corrected chi connectivity index (χ1v) is 7.70. The van der Waals surface area contributed by atoms with Crippen LogP contribution in [-0.4, -0.2) is 23.1 Å². The molecule has 102 valence electrons. The Balaban J connectivity index is 2.41. The molecule has 1 atom stereocenters. The first kappa shape index (κ1) is 14.8. The van der Waals surface area contributed by atoms with Crippen LogP contribution in [0.3, 0.4) is 0 Å². The van der Waals surface area contributed by atoms with Gasteiger partial charge in [0.2, 0.25) is 5.91 Å². The summed E-state index contributed by atoms with van der Waals surface area (Å²) in [5.41, 5.74) is 0.611. The lowest BCUT2D eigenvalue weighted by Crippen LogP contribution is -2.25. The van der Waals surface area contributed by atoms with Crippen molar-refractivity contribution >= 4 is 61.8 Å². The number of amides is 1. The molecule has 1 fully saturated rings. The van der Waals surface area contributed by atoms with Gasteiger partial charge in [0, 0.05) is 34.0 Å². The van der Waals surface area contributed by atoms with Gasteiger partial charge < -0.3 is 4.90 Å². The van der Waals surface area contributed by atoms with E-state index in [-0.39, 0.29) is 17.5 Å². The number of carbonyl (C=O) groups is 1. The van der Waals surface area contributed by atoms with Gasteiger partial charge in [0.05, 0.1) is 10.6 Å². The van der Waals surface area contributed by atoms with Crippen LogP contribution < -0.4 is 4.90 Å². The van der Waals surface area contributed by atoms with Crippen LogP contribution in [0.4, 0.5) is 11.4 Å². The molecule has 1 aliphatic heterocycles. The molecule has 1 aromatic rings. The fourth-order valence-corrected chi connectivity index (χ4v) is 3.87. The van der Waals surface area contributed by atoms with Crippen molar-refractivity contribution in [1.82, 2.24) is 0 Å². The molecule has 0 saturated carbocycles. The number of benzene rings is 1. The van der Waals surface area contributed by atoms with Gasteiger partial charge >= 0.3 is 0 Å². The number of hydrogen-bond acceptors (Lipinski definition) is 4. The second kappa shape index (κ2) is 5.80. The van der Waals surface area contributed by atoms with Crippen LogP contribution in [0.25, 0.3) is 0 Å². The number of nitro benzene ring substituents is 1. The Labute approximate surface area is 132 Å². The van der Waals surface area contributed by atoms with Crippen LogP contribution in [-0.2, 0) is 4.79 Å². The minimum atomic E-state index is -0.471. The average molecular weight is 410 g/mol. The van der Waals surface area contributed by atoms with E-state index < -0.39 is 4.92 Å². The van der Waals surface area contributed by atoms with Gasteiger partial charge in [0.1, 0.15) is 0 Å². The maximum Gasteiger partial charge on any atom is 0.271 e. The van der Waals surface area contributed by atoms with Gasteiger partial charge in [0.25, 0.3) is 5.69 Å². The molecule has 5 nitrogen and oxygen atoms in total. The molecule has 2 rings (SSSR count). The lowest BCUT2D eigenvalue weighted by Gasteiger charge is -2.19. The monoisotopic (exact) mass is 408 g/mol. The summed E-state index contributed by atoms with van der Waals surface area (Å²) in [7, 11) is 0. The summed E-state index contributed by atoms with van der Waals surface area (Å²) in [5.74, 6) is 0.865. The van der Waals surface area contributed by atoms with E-state index in [0.717, 1.165) is 0 Å². The predicted molar refractivity (Wildman–Crippen MR) is 82.8 cm³/mol. The third kappa shape index (κ3) is 2.95. The number of halogens is 2. The highest BCUT2D eigenvalue weighted by Gasteiger charge is 2.32. The number of hydrogen-bond donors (Lipinski definition) is 1. The Morgan fingerprint density at radius 1 is 1.42 bits per heavy atom. The maximum atomic E-state index is 12.0. The van der Waals surface area contributed by atoms with Gasteiger partial charge in [-0.2, -0.15) is 12.6 Å². The molecule has 8 heteroatoms. The standard InChI is InChI=1S/C11H10Br2N2O3S/c12-8-2-7(15(17)18)3-9(13)11(8)14-4-6(5-19)1-10(14)16/h2-3,6,19H,1,4-5H2. The number of non-ortho nitro benzene ring substituents is 1. The molecule has 0 bridgehead atoms. The highest BCUT2D eigenvalue weighted by atomic mass is 79.9. The van der Waals surface area contributed by atoms with Crippen molar-refractivity contribution < 1.29 is 9.72 Å². The van der Waals surface area contributed by atoms with Crippen LogP contribution in [0.1, 0.15) is 6.42 Å². The van der Waals surface area contributed by atoms with Crippen molar-refractivity contribution in [2.75, 3.05) is 17.2 Å². The van der Waals surface area contributed by atoms with Crippen LogP contribution in [0.5, 0.6) is 0 Å². The lowest BCUT2D eigenvalue weighted by molar-refractivity contribution is -0.385. The normalized spacial score (nSPS) is 19.0. The van der Waals surface area contributed by atoms with Gasteiger partial charge in [-0.1, -0.05) is 0 Å². The Morgan fingerprint density at radius 3 is 2.42 bits per heavy atom. The summed E-state index contributed by atoms with van der Waals surface area (Å²) in [6.45, 7) is 0.581. The second-order valence-corrected chi connectivity index (χ2v) is 6.35. The van der Waals surface area contributed by atoms with Crippen molar-refractivity contribution in [3.8, 4) is 0 Å². The number of nitrogens with zero attached hydrogens (tertiary/aromatic N) is 2. The predicted octanol–water partition coefficient (Wildman–Crippen LogP) is 3.40. The first-order chi connectivity index (χ1) is 8.93. The molecule has 0 N–H and O–H groups in total. The zero-order chi connectivity index (χ0) is 14.2. The van der Waals surface area contributed by atoms with E-state index in [2.05, 4.69) is 44.5 Å². The minimum absolute atomic E-state index is 0.00861. The van der Waals surface area contributed by atoms with E-state index in [4.69, 9.17) is 0 Å². The SMILES string of the molecule is O=C1CC(CS)CN1c1c(Br)cc([N+](=O)[O-])cc1Br. The lowest BCUT2D eigenvalue weighted by atomic mass is 10.1. The van der Waals surface area contributed by atoms with E-state index in [9.17, 15) is 14.9 Å². The highest BCUT2D eigenvalue weighted by Crippen LogP contribution is 2.40. The van der Waals surface area contributed by atoms with Gasteiger partial charge in [-0.25, -0.2) is 0 Å². The zero-order valence-corrected chi connectivity index (χ0v) is 13.7. The summed E-state index contributed by atoms with van der Waals surface area (Å²) in [4.78, 5) is 23.9. The Hall–Kier alpha value is -0.600. The van der Waals surface area contributed by atoms with E-state index in [1.807, 2.05) is 0 Å². The second-order valence-electron chi connectivity index (χ2n) is 4.27. The van der Waals surface area contributed by atoms with Gasteiger partial charge in [-0.15, -0.1) is 0 Å². The summed E-state index contributed by atoms with van der Waals surface area (Å²) < 4.78 is 1.06. The van der Waals surface area contributed by atoms with E-state index in [0.29, 0.717) is 33.4 Å². The van der Waals surface area contributed by atoms with Gasteiger partial charge in [-0.3, -0.25) is 14.9 Å². The molecule has 0 radical (unpaired) electrons. The van der Waals surface area contributed by atoms with Gasteiger partial charge in [0.15, 0.2) is 0 Å². The highest BCUT2D eigenvalue weighted by molar-refractivity contribution is 9.11. The largest absolute Gasteiger partial charge is 0.310 e. The van der Waals surface area contributed by atoms with Crippen molar-refractivity contribution in [3.63, 3.8) is 0 Å². The van der Waals surface area contributed by atoms with E-state index in [1.165, 1.54) is 12.1 Å². The zero-order valence-electron chi connectivity index (χ0n) is 9.68. The number of nitro groups is 1. The third-order valence-corrected chi connectivity index (χ3v) is 4.67. The van der Waals surface area contributed by atoms with Crippen molar-refractivity contribution in [1.29, 1.82) is 0 Å². The molecule has 0 aromatic heterocycles. The molecule has 19 heavy (non-hydrogen) atoms. The van der Waals surface area contributed by atoms with Crippen LogP contribution in [0.15, 0.2) is 21.1 Å². The van der Waals surface area contributed by atoms with Crippen LogP contribution in [0, 0.1) is 16.0 Å². The molecule has 1 aromatic carbocycles. The van der Waals surface area contributed by atoms with Crippen molar-refractivity contribution in [2.24, 2.45) is 5.92 Å².